The maximum Gasteiger partial charge on any atom is 0.248 e. The second kappa shape index (κ2) is 5.71. The molecule has 2 amide bonds. The Kier molecular flexibility index (Phi) is 4.16. The molecule has 6 heteroatoms. The fraction of sp³-hybridized carbons (Fsp3) is 0.533. The minimum absolute atomic E-state index is 0.0789. The van der Waals surface area contributed by atoms with Gasteiger partial charge in [-0.3, -0.25) is 9.59 Å². The molecule has 0 aliphatic carbocycles. The van der Waals surface area contributed by atoms with Crippen LogP contribution in [0, 0.1) is 0 Å². The van der Waals surface area contributed by atoms with Crippen LogP contribution in [0.4, 0.5) is 0 Å². The van der Waals surface area contributed by atoms with Gasteiger partial charge in [-0.25, -0.2) is 4.98 Å². The van der Waals surface area contributed by atoms with Gasteiger partial charge in [0.1, 0.15) is 11.6 Å². The monoisotopic (exact) mass is 291 g/mol. The molecule has 1 N–H and O–H groups in total. The zero-order chi connectivity index (χ0) is 15.6. The van der Waals surface area contributed by atoms with Crippen molar-refractivity contribution in [1.82, 2.24) is 15.2 Å². The van der Waals surface area contributed by atoms with Crippen molar-refractivity contribution in [3.63, 3.8) is 0 Å². The summed E-state index contributed by atoms with van der Waals surface area (Å²) in [6.07, 6.45) is 2.25. The van der Waals surface area contributed by atoms with Crippen molar-refractivity contribution in [3.05, 3.63) is 23.9 Å². The first-order valence-corrected chi connectivity index (χ1v) is 7.01. The van der Waals surface area contributed by atoms with Crippen LogP contribution in [-0.2, 0) is 16.1 Å². The second-order valence-corrected chi connectivity index (χ2v) is 5.68. The summed E-state index contributed by atoms with van der Waals surface area (Å²) >= 11 is 0. The molecule has 1 aliphatic rings. The molecule has 0 spiro atoms. The molecule has 2 rings (SSSR count). The molecule has 0 radical (unpaired) electrons. The Morgan fingerprint density at radius 3 is 2.62 bits per heavy atom. The summed E-state index contributed by atoms with van der Waals surface area (Å²) < 4.78 is 5.02. The quantitative estimate of drug-likeness (QED) is 0.902. The van der Waals surface area contributed by atoms with Gasteiger partial charge in [0.05, 0.1) is 7.11 Å². The predicted octanol–water partition coefficient (Wildman–Crippen LogP) is 1.11. The Morgan fingerprint density at radius 1 is 1.38 bits per heavy atom. The van der Waals surface area contributed by atoms with Crippen LogP contribution in [0.3, 0.4) is 0 Å². The van der Waals surface area contributed by atoms with Crippen molar-refractivity contribution < 1.29 is 14.3 Å². The Hall–Kier alpha value is -2.11. The number of hydrogen-bond acceptors (Lipinski definition) is 4. The highest BCUT2D eigenvalue weighted by Gasteiger charge is 2.44. The number of carbonyl (C=O) groups is 2. The normalized spacial score (nSPS) is 21.1. The average Bonchev–Trinajstić information content (AvgIpc) is 2.45. The lowest BCUT2D eigenvalue weighted by Crippen LogP contribution is -2.67. The average molecular weight is 291 g/mol. The number of carbonyl (C=O) groups excluding carboxylic acids is 2. The first kappa shape index (κ1) is 15.3. The van der Waals surface area contributed by atoms with Gasteiger partial charge in [-0.15, -0.1) is 0 Å². The number of nitrogens with zero attached hydrogens (tertiary/aromatic N) is 2. The zero-order valence-electron chi connectivity index (χ0n) is 12.8. The summed E-state index contributed by atoms with van der Waals surface area (Å²) in [5.41, 5.74) is -0.00376. The Bertz CT molecular complexity index is 540. The predicted molar refractivity (Wildman–Crippen MR) is 77.6 cm³/mol. The Morgan fingerprint density at radius 2 is 2.10 bits per heavy atom. The van der Waals surface area contributed by atoms with Crippen LogP contribution in [0.15, 0.2) is 18.3 Å². The maximum atomic E-state index is 12.6. The van der Waals surface area contributed by atoms with E-state index in [1.807, 2.05) is 13.0 Å². The van der Waals surface area contributed by atoms with Crippen molar-refractivity contribution >= 4 is 11.8 Å². The Labute approximate surface area is 124 Å². The van der Waals surface area contributed by atoms with Gasteiger partial charge < -0.3 is 15.0 Å². The molecule has 1 aliphatic heterocycles. The summed E-state index contributed by atoms with van der Waals surface area (Å²) in [5, 5.41) is 2.77. The van der Waals surface area contributed by atoms with Crippen LogP contribution >= 0.6 is 0 Å². The summed E-state index contributed by atoms with van der Waals surface area (Å²) in [6.45, 7) is 5.71. The van der Waals surface area contributed by atoms with Crippen LogP contribution in [0.2, 0.25) is 0 Å². The molecule has 114 valence electrons. The first-order chi connectivity index (χ1) is 9.89. The van der Waals surface area contributed by atoms with E-state index in [-0.39, 0.29) is 11.8 Å². The van der Waals surface area contributed by atoms with Crippen LogP contribution in [0.5, 0.6) is 5.88 Å². The molecule has 1 fully saturated rings. The van der Waals surface area contributed by atoms with Gasteiger partial charge in [0.2, 0.25) is 17.7 Å². The molecule has 1 aromatic heterocycles. The molecule has 1 unspecified atom stereocenters. The van der Waals surface area contributed by atoms with Crippen LogP contribution in [-0.4, -0.2) is 40.4 Å². The fourth-order valence-electron chi connectivity index (χ4n) is 2.50. The highest BCUT2D eigenvalue weighted by Crippen LogP contribution is 2.22. The smallest absolute Gasteiger partial charge is 0.248 e. The minimum Gasteiger partial charge on any atom is -0.481 e. The molecule has 0 bridgehead atoms. The van der Waals surface area contributed by atoms with E-state index in [9.17, 15) is 9.59 Å². The third-order valence-electron chi connectivity index (χ3n) is 3.66. The molecular formula is C15H21N3O3. The van der Waals surface area contributed by atoms with E-state index in [4.69, 9.17) is 4.74 Å². The van der Waals surface area contributed by atoms with Crippen molar-refractivity contribution in [1.29, 1.82) is 0 Å². The van der Waals surface area contributed by atoms with Crippen LogP contribution in [0.25, 0.3) is 0 Å². The lowest BCUT2D eigenvalue weighted by atomic mass is 9.95. The van der Waals surface area contributed by atoms with Crippen LogP contribution < -0.4 is 10.1 Å². The number of piperazine rings is 1. The number of methoxy groups -OCH3 is 1. The second-order valence-electron chi connectivity index (χ2n) is 5.68. The number of hydrogen-bond donors (Lipinski definition) is 1. The third kappa shape index (κ3) is 2.99. The molecule has 2 heterocycles. The summed E-state index contributed by atoms with van der Waals surface area (Å²) in [4.78, 5) is 30.5. The summed E-state index contributed by atoms with van der Waals surface area (Å²) in [5.74, 6) is 0.335. The van der Waals surface area contributed by atoms with Gasteiger partial charge >= 0.3 is 0 Å². The highest BCUT2D eigenvalue weighted by atomic mass is 16.5. The van der Waals surface area contributed by atoms with Gasteiger partial charge in [-0.2, -0.15) is 0 Å². The molecule has 1 saturated heterocycles. The Balaban J connectivity index is 2.24. The molecule has 1 aromatic rings. The fourth-order valence-corrected chi connectivity index (χ4v) is 2.50. The summed E-state index contributed by atoms with van der Waals surface area (Å²) in [6, 6.07) is 3.16. The zero-order valence-corrected chi connectivity index (χ0v) is 12.8. The summed E-state index contributed by atoms with van der Waals surface area (Å²) in [7, 11) is 1.55. The largest absolute Gasteiger partial charge is 0.481 e. The van der Waals surface area contributed by atoms with Crippen molar-refractivity contribution in [2.45, 2.75) is 45.3 Å². The lowest BCUT2D eigenvalue weighted by Gasteiger charge is -2.42. The van der Waals surface area contributed by atoms with Crippen LogP contribution in [0.1, 0.15) is 32.8 Å². The first-order valence-electron chi connectivity index (χ1n) is 7.01. The molecule has 0 saturated carbocycles. The van der Waals surface area contributed by atoms with Gasteiger partial charge in [0.15, 0.2) is 0 Å². The van der Waals surface area contributed by atoms with Gasteiger partial charge in [-0.05, 0) is 25.8 Å². The molecule has 0 aromatic carbocycles. The SMILES string of the molecule is CCC1C(=O)NC(C)(C)C(=O)N1Cc1ccc(OC)nc1. The van der Waals surface area contributed by atoms with E-state index in [1.54, 1.807) is 38.1 Å². The number of ether oxygens (including phenoxy) is 1. The van der Waals surface area contributed by atoms with E-state index < -0.39 is 11.6 Å². The van der Waals surface area contributed by atoms with E-state index >= 15 is 0 Å². The third-order valence-corrected chi connectivity index (χ3v) is 3.66. The molecule has 6 nitrogen and oxygen atoms in total. The topological polar surface area (TPSA) is 71.5 Å². The molecule has 21 heavy (non-hydrogen) atoms. The van der Waals surface area contributed by atoms with E-state index in [2.05, 4.69) is 10.3 Å². The number of aromatic nitrogens is 1. The number of amides is 2. The highest BCUT2D eigenvalue weighted by molar-refractivity contribution is 5.99. The minimum atomic E-state index is -0.872. The van der Waals surface area contributed by atoms with E-state index in [0.717, 1.165) is 5.56 Å². The lowest BCUT2D eigenvalue weighted by molar-refractivity contribution is -0.154. The van der Waals surface area contributed by atoms with Crippen molar-refractivity contribution in [2.24, 2.45) is 0 Å². The number of rotatable bonds is 4. The standard InChI is InChI=1S/C15H21N3O3/c1-5-11-13(19)17-15(2,3)14(20)18(11)9-10-6-7-12(21-4)16-8-10/h6-8,11H,5,9H2,1-4H3,(H,17,19). The van der Waals surface area contributed by atoms with Gasteiger partial charge in [0, 0.05) is 18.8 Å². The van der Waals surface area contributed by atoms with Crippen molar-refractivity contribution in [3.8, 4) is 5.88 Å². The van der Waals surface area contributed by atoms with Gasteiger partial charge in [0.25, 0.3) is 0 Å². The molecule has 1 atom stereocenters. The van der Waals surface area contributed by atoms with Gasteiger partial charge in [-0.1, -0.05) is 13.0 Å². The van der Waals surface area contributed by atoms with Crippen molar-refractivity contribution in [2.75, 3.05) is 7.11 Å². The number of nitrogens with one attached hydrogen (secondary N) is 1. The van der Waals surface area contributed by atoms with E-state index in [0.29, 0.717) is 18.8 Å². The molecular weight excluding hydrogens is 270 g/mol. The maximum absolute atomic E-state index is 12.6. The van der Waals surface area contributed by atoms with E-state index in [1.165, 1.54) is 0 Å². The number of pyridine rings is 1.